The lowest BCUT2D eigenvalue weighted by molar-refractivity contribution is -0.151. The molecule has 32 heavy (non-hydrogen) atoms. The van der Waals surface area contributed by atoms with Crippen LogP contribution in [-0.4, -0.2) is 44.9 Å². The molecular weight excluding hydrogens is 494 g/mol. The van der Waals surface area contributed by atoms with Gasteiger partial charge in [-0.25, -0.2) is 0 Å². The largest absolute Gasteiger partial charge is 0.480 e. The smallest absolute Gasteiger partial charge is 0.325 e. The number of hydrogen-bond acceptors (Lipinski definition) is 5. The third kappa shape index (κ3) is 2.94. The number of carboxylic acid groups (broad SMARTS) is 1. The van der Waals surface area contributed by atoms with E-state index in [0.29, 0.717) is 0 Å². The number of rotatable bonds is 5. The number of imide groups is 1. The number of likely N-dealkylation sites (tertiary alicyclic amines) is 1. The van der Waals surface area contributed by atoms with Gasteiger partial charge in [-0.3, -0.25) is 24.6 Å². The molecule has 0 saturated carbocycles. The van der Waals surface area contributed by atoms with Crippen LogP contribution in [0.25, 0.3) is 10.9 Å². The first kappa shape index (κ1) is 20.9. The Labute approximate surface area is 195 Å². The zero-order chi connectivity index (χ0) is 22.6. The molecule has 0 aliphatic carbocycles. The SMILES string of the molecule is C#CCN1C(=O)C2C(c3ccc(Br)s3)NC(Cc3c[nH]c4ccccc34)(C(=O)O)C2C1=O. The monoisotopic (exact) mass is 511 g/mol. The van der Waals surface area contributed by atoms with Crippen LogP contribution in [0, 0.1) is 24.2 Å². The number of aromatic amines is 1. The molecule has 2 aliphatic rings. The van der Waals surface area contributed by atoms with Crippen molar-refractivity contribution in [3.8, 4) is 12.3 Å². The van der Waals surface area contributed by atoms with E-state index in [0.717, 1.165) is 30.0 Å². The maximum Gasteiger partial charge on any atom is 0.325 e. The van der Waals surface area contributed by atoms with Crippen LogP contribution >= 0.6 is 27.3 Å². The van der Waals surface area contributed by atoms with Gasteiger partial charge in [-0.2, -0.15) is 0 Å². The number of amides is 2. The Hall–Kier alpha value is -2.93. The molecule has 4 unspecified atom stereocenters. The summed E-state index contributed by atoms with van der Waals surface area (Å²) in [6, 6.07) is 10.7. The van der Waals surface area contributed by atoms with E-state index in [1.807, 2.05) is 36.4 Å². The van der Waals surface area contributed by atoms with Gasteiger partial charge in [0.25, 0.3) is 0 Å². The first-order chi connectivity index (χ1) is 15.4. The van der Waals surface area contributed by atoms with E-state index >= 15 is 0 Å². The van der Waals surface area contributed by atoms with Crippen LogP contribution < -0.4 is 5.32 Å². The number of halogens is 1. The molecule has 4 heterocycles. The van der Waals surface area contributed by atoms with Gasteiger partial charge in [0.15, 0.2) is 0 Å². The van der Waals surface area contributed by atoms with Crippen LogP contribution in [0.5, 0.6) is 0 Å². The van der Waals surface area contributed by atoms with Crippen molar-refractivity contribution in [1.82, 2.24) is 15.2 Å². The van der Waals surface area contributed by atoms with E-state index in [1.165, 1.54) is 11.3 Å². The average Bonchev–Trinajstić information content (AvgIpc) is 3.51. The third-order valence-electron chi connectivity index (χ3n) is 6.42. The summed E-state index contributed by atoms with van der Waals surface area (Å²) in [5, 5.41) is 14.6. The second kappa shape index (κ2) is 7.59. The van der Waals surface area contributed by atoms with E-state index in [-0.39, 0.29) is 13.0 Å². The maximum absolute atomic E-state index is 13.4. The molecule has 0 spiro atoms. The average molecular weight is 512 g/mol. The molecule has 3 N–H and O–H groups in total. The maximum atomic E-state index is 13.4. The molecular formula is C23H18BrN3O4S. The highest BCUT2D eigenvalue weighted by molar-refractivity contribution is 9.11. The molecule has 3 aromatic rings. The number of H-pyrrole nitrogens is 1. The summed E-state index contributed by atoms with van der Waals surface area (Å²) in [4.78, 5) is 44.4. The molecule has 5 rings (SSSR count). The highest BCUT2D eigenvalue weighted by Crippen LogP contribution is 2.51. The number of fused-ring (bicyclic) bond motifs is 2. The van der Waals surface area contributed by atoms with Crippen LogP contribution in [0.1, 0.15) is 16.5 Å². The number of aromatic nitrogens is 1. The van der Waals surface area contributed by atoms with Crippen molar-refractivity contribution in [3.05, 3.63) is 56.8 Å². The van der Waals surface area contributed by atoms with E-state index in [2.05, 4.69) is 32.2 Å². The van der Waals surface area contributed by atoms with Gasteiger partial charge in [-0.05, 0) is 39.7 Å². The lowest BCUT2D eigenvalue weighted by atomic mass is 9.76. The number of terminal acetylenes is 1. The van der Waals surface area contributed by atoms with Crippen molar-refractivity contribution in [3.63, 3.8) is 0 Å². The second-order valence-corrected chi connectivity index (χ2v) is 10.5. The Morgan fingerprint density at radius 3 is 2.72 bits per heavy atom. The molecule has 2 aliphatic heterocycles. The minimum absolute atomic E-state index is 0.0411. The Bertz CT molecular complexity index is 1310. The lowest BCUT2D eigenvalue weighted by Crippen LogP contribution is -2.57. The third-order valence-corrected chi connectivity index (χ3v) is 8.13. The molecule has 1 aromatic carbocycles. The number of nitrogens with one attached hydrogen (secondary N) is 2. The topological polar surface area (TPSA) is 102 Å². The molecule has 2 fully saturated rings. The number of aliphatic carboxylic acids is 1. The summed E-state index contributed by atoms with van der Waals surface area (Å²) in [5.74, 6) is -1.69. The number of nitrogens with zero attached hydrogens (tertiary/aromatic N) is 1. The van der Waals surface area contributed by atoms with Gasteiger partial charge in [0, 0.05) is 28.4 Å². The van der Waals surface area contributed by atoms with Crippen molar-refractivity contribution in [2.45, 2.75) is 18.0 Å². The summed E-state index contributed by atoms with van der Waals surface area (Å²) in [6.07, 6.45) is 7.20. The van der Waals surface area contributed by atoms with Crippen molar-refractivity contribution >= 4 is 56.0 Å². The fraction of sp³-hybridized carbons (Fsp3) is 0.261. The summed E-state index contributed by atoms with van der Waals surface area (Å²) in [7, 11) is 0. The van der Waals surface area contributed by atoms with Gasteiger partial charge in [0.1, 0.15) is 5.54 Å². The number of benzene rings is 1. The number of hydrogen-bond donors (Lipinski definition) is 3. The molecule has 9 heteroatoms. The van der Waals surface area contributed by atoms with Crippen LogP contribution in [-0.2, 0) is 20.8 Å². The minimum atomic E-state index is -1.66. The molecule has 7 nitrogen and oxygen atoms in total. The van der Waals surface area contributed by atoms with E-state index < -0.39 is 41.2 Å². The number of carbonyl (C=O) groups is 3. The van der Waals surface area contributed by atoms with Gasteiger partial charge in [0.2, 0.25) is 11.8 Å². The number of carboxylic acids is 1. The molecule has 0 bridgehead atoms. The van der Waals surface area contributed by atoms with Gasteiger partial charge >= 0.3 is 5.97 Å². The Morgan fingerprint density at radius 2 is 2.03 bits per heavy atom. The summed E-state index contributed by atoms with van der Waals surface area (Å²) in [6.45, 7) is -0.172. The summed E-state index contributed by atoms with van der Waals surface area (Å²) < 4.78 is 0.854. The first-order valence-corrected chi connectivity index (χ1v) is 11.6. The molecule has 2 amide bonds. The Kier molecular flexibility index (Phi) is 4.97. The summed E-state index contributed by atoms with van der Waals surface area (Å²) >= 11 is 4.84. The quantitative estimate of drug-likeness (QED) is 0.361. The summed E-state index contributed by atoms with van der Waals surface area (Å²) in [5.41, 5.74) is -0.0237. The van der Waals surface area contributed by atoms with Crippen LogP contribution in [0.3, 0.4) is 0 Å². The highest BCUT2D eigenvalue weighted by Gasteiger charge is 2.68. The fourth-order valence-electron chi connectivity index (χ4n) is 5.06. The van der Waals surface area contributed by atoms with Gasteiger partial charge < -0.3 is 10.1 Å². The Balaban J connectivity index is 1.66. The van der Waals surface area contributed by atoms with Crippen molar-refractivity contribution in [1.29, 1.82) is 0 Å². The number of carbonyl (C=O) groups excluding carboxylic acids is 2. The number of thiophene rings is 1. The molecule has 2 saturated heterocycles. The number of para-hydroxylation sites is 1. The normalized spacial score (nSPS) is 27.1. The van der Waals surface area contributed by atoms with E-state index in [4.69, 9.17) is 6.42 Å². The van der Waals surface area contributed by atoms with Crippen molar-refractivity contribution < 1.29 is 19.5 Å². The predicted molar refractivity (Wildman–Crippen MR) is 123 cm³/mol. The minimum Gasteiger partial charge on any atom is -0.480 e. The zero-order valence-electron chi connectivity index (χ0n) is 16.7. The van der Waals surface area contributed by atoms with Crippen LogP contribution in [0.15, 0.2) is 46.4 Å². The predicted octanol–water partition coefficient (Wildman–Crippen LogP) is 2.94. The van der Waals surface area contributed by atoms with Gasteiger partial charge in [-0.1, -0.05) is 24.1 Å². The fourth-order valence-corrected chi connectivity index (χ4v) is 6.59. The standard InChI is InChI=1S/C23H18BrN3O4S/c1-2-9-27-20(28)17-18(21(27)29)23(22(30)31,26-19(17)15-7-8-16(24)32-15)10-12-11-25-14-6-4-3-5-13(12)14/h1,3-8,11,17-19,25-26H,9-10H2,(H,30,31). The molecule has 0 radical (unpaired) electrons. The second-order valence-electron chi connectivity index (χ2n) is 8.05. The first-order valence-electron chi connectivity index (χ1n) is 9.97. The Morgan fingerprint density at radius 1 is 1.25 bits per heavy atom. The van der Waals surface area contributed by atoms with Gasteiger partial charge in [0.05, 0.1) is 28.2 Å². The van der Waals surface area contributed by atoms with Crippen LogP contribution in [0.4, 0.5) is 0 Å². The van der Waals surface area contributed by atoms with Crippen molar-refractivity contribution in [2.24, 2.45) is 11.8 Å². The van der Waals surface area contributed by atoms with E-state index in [1.54, 1.807) is 6.20 Å². The zero-order valence-corrected chi connectivity index (χ0v) is 19.1. The molecule has 162 valence electrons. The van der Waals surface area contributed by atoms with Crippen molar-refractivity contribution in [2.75, 3.05) is 6.54 Å². The molecule has 4 atom stereocenters. The molecule has 2 aromatic heterocycles. The van der Waals surface area contributed by atoms with Gasteiger partial charge in [-0.15, -0.1) is 17.8 Å². The lowest BCUT2D eigenvalue weighted by Gasteiger charge is -2.30. The van der Waals surface area contributed by atoms with Crippen LogP contribution in [0.2, 0.25) is 0 Å². The van der Waals surface area contributed by atoms with E-state index in [9.17, 15) is 19.5 Å². The highest BCUT2D eigenvalue weighted by atomic mass is 79.9.